The van der Waals surface area contributed by atoms with Crippen molar-refractivity contribution in [1.29, 1.82) is 5.41 Å². The number of esters is 3. The van der Waals surface area contributed by atoms with Gasteiger partial charge in [-0.25, -0.2) is 31.2 Å². The van der Waals surface area contributed by atoms with Crippen LogP contribution in [0.5, 0.6) is 0 Å². The van der Waals surface area contributed by atoms with Crippen LogP contribution in [0.15, 0.2) is 36.7 Å². The van der Waals surface area contributed by atoms with Crippen LogP contribution in [0.3, 0.4) is 0 Å². The molecule has 0 saturated heterocycles. The van der Waals surface area contributed by atoms with E-state index in [1.807, 2.05) is 0 Å². The molecule has 13 heteroatoms. The quantitative estimate of drug-likeness (QED) is 0.105. The normalized spacial score (nSPS) is 9.59. The number of anilines is 2. The van der Waals surface area contributed by atoms with Crippen LogP contribution in [0.2, 0.25) is 0 Å². The molecular weight excluding hydrogens is 406 g/mol. The molecule has 154 valence electrons. The maximum Gasteiger partial charge on any atom is 0.347 e. The van der Waals surface area contributed by atoms with Crippen LogP contribution >= 0.6 is 12.4 Å². The lowest BCUT2D eigenvalue weighted by Crippen LogP contribution is -2.17. The highest BCUT2D eigenvalue weighted by atomic mass is 35.5. The predicted octanol–water partition coefficient (Wildman–Crippen LogP) is 0.767. The maximum atomic E-state index is 11.9. The van der Waals surface area contributed by atoms with E-state index in [1.165, 1.54) is 36.7 Å². The third-order valence-corrected chi connectivity index (χ3v) is 3.27. The molecule has 2 rings (SSSR count). The van der Waals surface area contributed by atoms with Crippen molar-refractivity contribution in [2.45, 2.75) is 12.8 Å². The van der Waals surface area contributed by atoms with Crippen molar-refractivity contribution in [2.75, 3.05) is 10.9 Å². The first-order valence-corrected chi connectivity index (χ1v) is 7.83. The van der Waals surface area contributed by atoms with Crippen molar-refractivity contribution in [3.8, 4) is 0 Å². The zero-order valence-electron chi connectivity index (χ0n) is 14.9. The smallest absolute Gasteiger partial charge is 0.347 e. The molecule has 12 nitrogen and oxygen atoms in total. The minimum atomic E-state index is -0.899. The number of nitrogens with two attached hydrogens (primary N) is 2. The molecule has 0 radical (unpaired) electrons. The number of aromatic nitrogens is 2. The van der Waals surface area contributed by atoms with Gasteiger partial charge in [-0.3, -0.25) is 10.2 Å². The molecule has 0 aliphatic carbocycles. The predicted molar refractivity (Wildman–Crippen MR) is 104 cm³/mol. The topological polar surface area (TPSA) is 195 Å². The molecule has 0 saturated carbocycles. The highest BCUT2D eigenvalue weighted by Gasteiger charge is 2.16. The number of nitrogens with zero attached hydrogens (tertiary/aromatic N) is 2. The summed E-state index contributed by atoms with van der Waals surface area (Å²) < 4.78 is 9.45. The first-order chi connectivity index (χ1) is 13.4. The number of hydrazine groups is 2. The molecule has 29 heavy (non-hydrogen) atoms. The van der Waals surface area contributed by atoms with Gasteiger partial charge in [-0.2, -0.15) is 0 Å². The van der Waals surface area contributed by atoms with Gasteiger partial charge < -0.3 is 20.3 Å². The first kappa shape index (κ1) is 23.4. The molecule has 0 unspecified atom stereocenters. The number of carbonyl (C=O) groups is 3. The van der Waals surface area contributed by atoms with Gasteiger partial charge in [-0.1, -0.05) is 0 Å². The highest BCUT2D eigenvalue weighted by molar-refractivity contribution is 5.99. The number of nitrogens with one attached hydrogen (secondary N) is 3. The molecule has 0 aliphatic heterocycles. The summed E-state index contributed by atoms with van der Waals surface area (Å²) in [7, 11) is 0. The maximum absolute atomic E-state index is 11.9. The second-order valence-corrected chi connectivity index (χ2v) is 5.23. The Kier molecular flexibility index (Phi) is 9.12. The summed E-state index contributed by atoms with van der Waals surface area (Å²) in [6.07, 6.45) is 1.84. The molecule has 0 bridgehead atoms. The van der Waals surface area contributed by atoms with Crippen LogP contribution < -0.4 is 22.5 Å². The lowest BCUT2D eigenvalue weighted by atomic mass is 10.2. The second-order valence-electron chi connectivity index (χ2n) is 5.23. The minimum Gasteiger partial charge on any atom is -0.409 e. The Balaban J connectivity index is 0.00000420. The zero-order chi connectivity index (χ0) is 20.5. The summed E-state index contributed by atoms with van der Waals surface area (Å²) in [5.41, 5.74) is 4.75. The van der Waals surface area contributed by atoms with Gasteiger partial charge in [-0.05, 0) is 24.3 Å². The number of hydrogen-bond acceptors (Lipinski definition) is 12. The molecule has 0 aliphatic rings. The van der Waals surface area contributed by atoms with Crippen LogP contribution in [-0.4, -0.2) is 33.8 Å². The third kappa shape index (κ3) is 7.14. The van der Waals surface area contributed by atoms with Gasteiger partial charge in [0.2, 0.25) is 0 Å². The molecule has 2 aromatic heterocycles. The average Bonchev–Trinajstić information content (AvgIpc) is 2.72. The molecule has 2 heterocycles. The monoisotopic (exact) mass is 423 g/mol. The Morgan fingerprint density at radius 1 is 0.862 bits per heavy atom. The first-order valence-electron chi connectivity index (χ1n) is 7.83. The van der Waals surface area contributed by atoms with Gasteiger partial charge in [0, 0.05) is 18.8 Å². The summed E-state index contributed by atoms with van der Waals surface area (Å²) in [5, 5.41) is 7.61. The Morgan fingerprint density at radius 2 is 1.34 bits per heavy atom. The molecule has 0 amide bonds. The fourth-order valence-corrected chi connectivity index (χ4v) is 1.85. The van der Waals surface area contributed by atoms with Crippen LogP contribution in [0.4, 0.5) is 11.6 Å². The number of rotatable bonds is 7. The largest absolute Gasteiger partial charge is 0.409 e. The number of nitrogen functional groups attached to an aromatic ring is 2. The number of ether oxygens (including phenoxy) is 2. The lowest BCUT2D eigenvalue weighted by Gasteiger charge is -2.06. The van der Waals surface area contributed by atoms with E-state index < -0.39 is 23.8 Å². The summed E-state index contributed by atoms with van der Waals surface area (Å²) in [6, 6.07) is 5.67. The van der Waals surface area contributed by atoms with E-state index in [0.29, 0.717) is 11.6 Å². The van der Waals surface area contributed by atoms with Gasteiger partial charge >= 0.3 is 17.9 Å². The Bertz CT molecular complexity index is 801. The summed E-state index contributed by atoms with van der Waals surface area (Å²) >= 11 is 0. The number of hydrogen-bond donors (Lipinski definition) is 5. The molecular formula is C16H18ClN7O5. The van der Waals surface area contributed by atoms with E-state index >= 15 is 0 Å². The van der Waals surface area contributed by atoms with Crippen LogP contribution in [-0.2, 0) is 14.3 Å². The van der Waals surface area contributed by atoms with E-state index in [9.17, 15) is 14.4 Å². The summed E-state index contributed by atoms with van der Waals surface area (Å²) in [5.74, 6) is 7.95. The van der Waals surface area contributed by atoms with Crippen LogP contribution in [0.1, 0.15) is 33.6 Å². The Hall–Kier alpha value is -3.61. The highest BCUT2D eigenvalue weighted by Crippen LogP contribution is 2.08. The van der Waals surface area contributed by atoms with E-state index in [-0.39, 0.29) is 36.4 Å². The third-order valence-electron chi connectivity index (χ3n) is 3.27. The van der Waals surface area contributed by atoms with Crippen molar-refractivity contribution in [3.05, 3.63) is 47.8 Å². The van der Waals surface area contributed by atoms with Crippen molar-refractivity contribution < 1.29 is 23.9 Å². The van der Waals surface area contributed by atoms with Gasteiger partial charge in [0.25, 0.3) is 0 Å². The molecule has 0 fully saturated rings. The average molecular weight is 424 g/mol. The lowest BCUT2D eigenvalue weighted by molar-refractivity contribution is -0.137. The van der Waals surface area contributed by atoms with Gasteiger partial charge in [0.15, 0.2) is 5.90 Å². The van der Waals surface area contributed by atoms with Crippen molar-refractivity contribution in [3.63, 3.8) is 0 Å². The van der Waals surface area contributed by atoms with Gasteiger partial charge in [0.05, 0.1) is 17.5 Å². The van der Waals surface area contributed by atoms with Crippen molar-refractivity contribution in [1.82, 2.24) is 9.97 Å². The van der Waals surface area contributed by atoms with Gasteiger partial charge in [0.1, 0.15) is 11.6 Å². The molecule has 0 spiro atoms. The number of carbonyl (C=O) groups excluding carboxylic acids is 3. The number of halogens is 1. The zero-order valence-corrected chi connectivity index (χ0v) is 15.7. The fraction of sp³-hybridized carbons (Fsp3) is 0.125. The van der Waals surface area contributed by atoms with Crippen LogP contribution in [0, 0.1) is 5.41 Å². The van der Waals surface area contributed by atoms with E-state index in [1.54, 1.807) is 0 Å². The fourth-order valence-electron chi connectivity index (χ4n) is 1.85. The van der Waals surface area contributed by atoms with Gasteiger partial charge in [-0.15, -0.1) is 12.4 Å². The standard InChI is InChI=1S/C16H17N7O5.ClH/c17-11(27-15(25)9-1-4-12(22-18)20-7-9)3-6-14(24)28-16(26)10-2-5-13(23-19)21-8-10;/h1-2,4-5,7-8,17H,3,6,18-19H2,(H,20,22)(H,21,23);1H. The van der Waals surface area contributed by atoms with Crippen molar-refractivity contribution in [2.24, 2.45) is 11.7 Å². The summed E-state index contributed by atoms with van der Waals surface area (Å²) in [6.45, 7) is 0. The molecule has 2 aromatic rings. The van der Waals surface area contributed by atoms with Crippen LogP contribution in [0.25, 0.3) is 0 Å². The minimum absolute atomic E-state index is 0. The van der Waals surface area contributed by atoms with Crippen molar-refractivity contribution >= 4 is 47.8 Å². The molecule has 0 atom stereocenters. The Morgan fingerprint density at radius 3 is 1.76 bits per heavy atom. The SMILES string of the molecule is Cl.N=C(CCC(=O)OC(=O)c1ccc(NN)nc1)OC(=O)c1ccc(NN)nc1. The van der Waals surface area contributed by atoms with E-state index in [4.69, 9.17) is 21.8 Å². The van der Waals surface area contributed by atoms with E-state index in [0.717, 1.165) is 0 Å². The molecule has 0 aromatic carbocycles. The van der Waals surface area contributed by atoms with E-state index in [2.05, 4.69) is 25.6 Å². The second kappa shape index (κ2) is 11.3. The molecule has 7 N–H and O–H groups in total. The summed E-state index contributed by atoms with van der Waals surface area (Å²) in [4.78, 5) is 43.1. The Labute approximate surface area is 170 Å². The number of pyridine rings is 2.